The Morgan fingerprint density at radius 3 is 2.75 bits per heavy atom. The number of pyridine rings is 3. The van der Waals surface area contributed by atoms with Gasteiger partial charge in [0.15, 0.2) is 0 Å². The van der Waals surface area contributed by atoms with Gasteiger partial charge in [-0.3, -0.25) is 15.1 Å². The van der Waals surface area contributed by atoms with Crippen molar-refractivity contribution in [2.45, 2.75) is 19.3 Å². The molecule has 0 bridgehead atoms. The van der Waals surface area contributed by atoms with Gasteiger partial charge < -0.3 is 19.5 Å². The molecule has 184 valence electrons. The van der Waals surface area contributed by atoms with Crippen LogP contribution >= 0.6 is 0 Å². The summed E-state index contributed by atoms with van der Waals surface area (Å²) >= 11 is 0. The summed E-state index contributed by atoms with van der Waals surface area (Å²) in [5.41, 5.74) is 6.50. The molecular formula is C27H30N8O. The lowest BCUT2D eigenvalue weighted by atomic mass is 10.1. The van der Waals surface area contributed by atoms with Crippen molar-refractivity contribution in [2.75, 3.05) is 45.2 Å². The molecule has 1 saturated heterocycles. The standard InChI is InChI=1S/C27H30N8O/c1-34(2)10-11-36-19-12-18(15-28-16-19)22-13-20-24(17-30-22)32-33-26(20)23-14-21-25(6-7-29-27(21)31-23)35-8-4-3-5-9-35/h6-7,12-17H,3-5,8-11H2,1-2H3,(H,29,31)(H,32,33). The van der Waals surface area contributed by atoms with E-state index in [1.165, 1.54) is 24.9 Å². The van der Waals surface area contributed by atoms with Crippen molar-refractivity contribution in [2.24, 2.45) is 0 Å². The molecule has 2 N–H and O–H groups in total. The molecule has 0 unspecified atom stereocenters. The van der Waals surface area contributed by atoms with Crippen molar-refractivity contribution in [3.8, 4) is 28.4 Å². The Morgan fingerprint density at radius 1 is 1.00 bits per heavy atom. The molecular weight excluding hydrogens is 452 g/mol. The zero-order valence-electron chi connectivity index (χ0n) is 20.7. The van der Waals surface area contributed by atoms with Gasteiger partial charge in [-0.25, -0.2) is 4.98 Å². The van der Waals surface area contributed by atoms with E-state index in [1.54, 1.807) is 6.20 Å². The number of likely N-dealkylation sites (N-methyl/N-ethyl adjacent to an activating group) is 1. The number of fused-ring (bicyclic) bond motifs is 2. The van der Waals surface area contributed by atoms with Crippen molar-refractivity contribution in [1.29, 1.82) is 0 Å². The topological polar surface area (TPSA) is 98.9 Å². The normalized spacial score (nSPS) is 14.2. The van der Waals surface area contributed by atoms with E-state index < -0.39 is 0 Å². The van der Waals surface area contributed by atoms with Crippen molar-refractivity contribution < 1.29 is 4.74 Å². The molecule has 0 saturated carbocycles. The van der Waals surface area contributed by atoms with Gasteiger partial charge in [0.2, 0.25) is 0 Å². The number of aromatic amines is 2. The second kappa shape index (κ2) is 9.58. The highest BCUT2D eigenvalue weighted by Gasteiger charge is 2.18. The van der Waals surface area contributed by atoms with Crippen LogP contribution in [0.1, 0.15) is 19.3 Å². The summed E-state index contributed by atoms with van der Waals surface area (Å²) in [4.78, 5) is 21.7. The molecule has 9 nitrogen and oxygen atoms in total. The van der Waals surface area contributed by atoms with Crippen LogP contribution in [0.15, 0.2) is 49.1 Å². The molecule has 0 aromatic carbocycles. The van der Waals surface area contributed by atoms with Crippen LogP contribution in [0.4, 0.5) is 5.69 Å². The smallest absolute Gasteiger partial charge is 0.139 e. The molecule has 9 heteroatoms. The van der Waals surface area contributed by atoms with Gasteiger partial charge in [0.25, 0.3) is 0 Å². The Balaban J connectivity index is 1.34. The lowest BCUT2D eigenvalue weighted by Gasteiger charge is -2.29. The first-order valence-corrected chi connectivity index (χ1v) is 12.5. The number of aromatic nitrogens is 6. The summed E-state index contributed by atoms with van der Waals surface area (Å²) in [6.45, 7) is 3.62. The number of anilines is 1. The van der Waals surface area contributed by atoms with Crippen LogP contribution in [-0.4, -0.2) is 75.4 Å². The van der Waals surface area contributed by atoms with Crippen LogP contribution in [0.2, 0.25) is 0 Å². The highest BCUT2D eigenvalue weighted by molar-refractivity contribution is 5.99. The molecule has 5 aromatic heterocycles. The first-order chi connectivity index (χ1) is 17.7. The SMILES string of the molecule is CN(C)CCOc1cncc(-c2cc3c(-c4cc5c(N6CCCCC6)ccnc5[nH]4)n[nH]c3cn2)c1. The van der Waals surface area contributed by atoms with Crippen LogP contribution in [0.3, 0.4) is 0 Å². The van der Waals surface area contributed by atoms with Crippen LogP contribution in [0.5, 0.6) is 5.75 Å². The summed E-state index contributed by atoms with van der Waals surface area (Å²) in [6.07, 6.45) is 11.0. The van der Waals surface area contributed by atoms with E-state index in [0.717, 1.165) is 70.0 Å². The average molecular weight is 483 g/mol. The van der Waals surface area contributed by atoms with Gasteiger partial charge in [-0.05, 0) is 57.6 Å². The molecule has 1 fully saturated rings. The quantitative estimate of drug-likeness (QED) is 0.353. The second-order valence-electron chi connectivity index (χ2n) is 9.57. The van der Waals surface area contributed by atoms with Crippen molar-refractivity contribution in [1.82, 2.24) is 35.0 Å². The van der Waals surface area contributed by atoms with Crippen LogP contribution in [0.25, 0.3) is 44.6 Å². The maximum absolute atomic E-state index is 5.87. The van der Waals surface area contributed by atoms with Gasteiger partial charge >= 0.3 is 0 Å². The number of hydrogen-bond acceptors (Lipinski definition) is 7. The fourth-order valence-electron chi connectivity index (χ4n) is 4.81. The van der Waals surface area contributed by atoms with E-state index in [0.29, 0.717) is 6.61 Å². The molecule has 0 radical (unpaired) electrons. The van der Waals surface area contributed by atoms with E-state index in [1.807, 2.05) is 38.8 Å². The molecule has 6 heterocycles. The van der Waals surface area contributed by atoms with Crippen molar-refractivity contribution in [3.63, 3.8) is 0 Å². The Morgan fingerprint density at radius 2 is 1.89 bits per heavy atom. The lowest BCUT2D eigenvalue weighted by molar-refractivity contribution is 0.261. The van der Waals surface area contributed by atoms with Gasteiger partial charge in [0, 0.05) is 54.1 Å². The minimum atomic E-state index is 0.601. The third-order valence-electron chi connectivity index (χ3n) is 6.72. The zero-order valence-corrected chi connectivity index (χ0v) is 20.7. The Bertz CT molecular complexity index is 1500. The van der Waals surface area contributed by atoms with Gasteiger partial charge in [0.1, 0.15) is 23.7 Å². The van der Waals surface area contributed by atoms with Crippen LogP contribution < -0.4 is 9.64 Å². The molecule has 36 heavy (non-hydrogen) atoms. The van der Waals surface area contributed by atoms with Gasteiger partial charge in [0.05, 0.1) is 29.3 Å². The predicted molar refractivity (Wildman–Crippen MR) is 142 cm³/mol. The average Bonchev–Trinajstić information content (AvgIpc) is 3.53. The van der Waals surface area contributed by atoms with E-state index in [-0.39, 0.29) is 0 Å². The molecule has 1 aliphatic rings. The number of ether oxygens (including phenoxy) is 1. The number of rotatable bonds is 7. The van der Waals surface area contributed by atoms with Crippen molar-refractivity contribution >= 4 is 27.6 Å². The van der Waals surface area contributed by atoms with Gasteiger partial charge in [-0.1, -0.05) is 0 Å². The Labute approximate surface area is 209 Å². The summed E-state index contributed by atoms with van der Waals surface area (Å²) in [5, 5.41) is 9.88. The number of hydrogen-bond donors (Lipinski definition) is 2. The maximum Gasteiger partial charge on any atom is 0.139 e. The highest BCUT2D eigenvalue weighted by atomic mass is 16.5. The summed E-state index contributed by atoms with van der Waals surface area (Å²) in [7, 11) is 4.05. The van der Waals surface area contributed by atoms with E-state index in [9.17, 15) is 0 Å². The summed E-state index contributed by atoms with van der Waals surface area (Å²) in [5.74, 6) is 0.732. The third-order valence-corrected chi connectivity index (χ3v) is 6.72. The third kappa shape index (κ3) is 4.37. The molecule has 0 amide bonds. The minimum Gasteiger partial charge on any atom is -0.491 e. The molecule has 5 aromatic rings. The van der Waals surface area contributed by atoms with Gasteiger partial charge in [-0.15, -0.1) is 0 Å². The van der Waals surface area contributed by atoms with E-state index in [2.05, 4.69) is 58.1 Å². The number of nitrogens with zero attached hydrogens (tertiary/aromatic N) is 6. The minimum absolute atomic E-state index is 0.601. The molecule has 0 spiro atoms. The number of H-pyrrole nitrogens is 2. The van der Waals surface area contributed by atoms with Crippen molar-refractivity contribution in [3.05, 3.63) is 49.1 Å². The lowest BCUT2D eigenvalue weighted by Crippen LogP contribution is -2.29. The highest BCUT2D eigenvalue weighted by Crippen LogP contribution is 2.34. The summed E-state index contributed by atoms with van der Waals surface area (Å²) in [6, 6.07) is 8.33. The molecule has 0 aliphatic carbocycles. The van der Waals surface area contributed by atoms with Crippen LogP contribution in [0, 0.1) is 0 Å². The molecule has 6 rings (SSSR count). The maximum atomic E-state index is 5.87. The van der Waals surface area contributed by atoms with Crippen LogP contribution in [-0.2, 0) is 0 Å². The number of piperidine rings is 1. The summed E-state index contributed by atoms with van der Waals surface area (Å²) < 4.78 is 5.87. The first-order valence-electron chi connectivity index (χ1n) is 12.5. The molecule has 0 atom stereocenters. The molecule has 1 aliphatic heterocycles. The Kier molecular flexibility index (Phi) is 5.98. The predicted octanol–water partition coefficient (Wildman–Crippen LogP) is 4.49. The first kappa shape index (κ1) is 22.5. The van der Waals surface area contributed by atoms with Gasteiger partial charge in [-0.2, -0.15) is 5.10 Å². The van der Waals surface area contributed by atoms with E-state index in [4.69, 9.17) is 4.74 Å². The monoisotopic (exact) mass is 482 g/mol. The zero-order chi connectivity index (χ0) is 24.5. The fourth-order valence-corrected chi connectivity index (χ4v) is 4.81. The second-order valence-corrected chi connectivity index (χ2v) is 9.57. The van der Waals surface area contributed by atoms with E-state index >= 15 is 0 Å². The fraction of sp³-hybridized carbons (Fsp3) is 0.333. The Hall–Kier alpha value is -3.98. The number of nitrogens with one attached hydrogen (secondary N) is 2. The largest absolute Gasteiger partial charge is 0.491 e.